The van der Waals surface area contributed by atoms with Crippen molar-refractivity contribution in [3.05, 3.63) is 53.1 Å². The van der Waals surface area contributed by atoms with E-state index in [1.807, 2.05) is 17.7 Å². The fourth-order valence-corrected chi connectivity index (χ4v) is 2.29. The zero-order chi connectivity index (χ0) is 14.4. The highest BCUT2D eigenvalue weighted by molar-refractivity contribution is 6.29. The lowest BCUT2D eigenvalue weighted by molar-refractivity contribution is 0.246. The van der Waals surface area contributed by atoms with Gasteiger partial charge in [0, 0.05) is 20.1 Å². The molecular formula is C15H21ClN4. The van der Waals surface area contributed by atoms with E-state index in [9.17, 15) is 0 Å². The van der Waals surface area contributed by atoms with E-state index in [4.69, 9.17) is 17.3 Å². The summed E-state index contributed by atoms with van der Waals surface area (Å²) < 4.78 is 1.92. The lowest BCUT2D eigenvalue weighted by atomic mass is 10.2. The lowest BCUT2D eigenvalue weighted by Gasteiger charge is -2.22. The largest absolute Gasteiger partial charge is 0.330 e. The normalized spacial score (nSPS) is 11.2. The van der Waals surface area contributed by atoms with Crippen molar-refractivity contribution in [2.75, 3.05) is 13.1 Å². The summed E-state index contributed by atoms with van der Waals surface area (Å²) in [6.45, 7) is 3.33. The molecule has 5 heteroatoms. The third-order valence-corrected chi connectivity index (χ3v) is 3.67. The molecule has 0 radical (unpaired) electrons. The van der Waals surface area contributed by atoms with Gasteiger partial charge in [-0.2, -0.15) is 0 Å². The summed E-state index contributed by atoms with van der Waals surface area (Å²) in [5.41, 5.74) is 6.93. The van der Waals surface area contributed by atoms with Gasteiger partial charge in [-0.1, -0.05) is 41.9 Å². The zero-order valence-electron chi connectivity index (χ0n) is 11.8. The SMILES string of the molecule is Cn1c(Cl)cnc1CN(CCCN)Cc1ccccc1. The van der Waals surface area contributed by atoms with Crippen molar-refractivity contribution in [1.82, 2.24) is 14.5 Å². The van der Waals surface area contributed by atoms with Crippen LogP contribution < -0.4 is 5.73 Å². The zero-order valence-corrected chi connectivity index (χ0v) is 12.6. The van der Waals surface area contributed by atoms with Crippen molar-refractivity contribution in [2.45, 2.75) is 19.5 Å². The Kier molecular flexibility index (Phi) is 5.59. The molecule has 1 aromatic heterocycles. The molecule has 2 aromatic rings. The number of hydrogen-bond acceptors (Lipinski definition) is 3. The van der Waals surface area contributed by atoms with Gasteiger partial charge in [0.25, 0.3) is 0 Å². The molecule has 1 aromatic carbocycles. The maximum atomic E-state index is 6.04. The van der Waals surface area contributed by atoms with Gasteiger partial charge in [0.15, 0.2) is 0 Å². The Morgan fingerprint density at radius 1 is 1.25 bits per heavy atom. The van der Waals surface area contributed by atoms with Crippen molar-refractivity contribution in [2.24, 2.45) is 12.8 Å². The third-order valence-electron chi connectivity index (χ3n) is 3.32. The Hall–Kier alpha value is -1.36. The van der Waals surface area contributed by atoms with Gasteiger partial charge in [0.2, 0.25) is 0 Å². The Bertz CT molecular complexity index is 524. The van der Waals surface area contributed by atoms with Crippen molar-refractivity contribution in [1.29, 1.82) is 0 Å². The molecule has 0 amide bonds. The van der Waals surface area contributed by atoms with Crippen molar-refractivity contribution in [3.63, 3.8) is 0 Å². The van der Waals surface area contributed by atoms with E-state index in [0.29, 0.717) is 11.7 Å². The van der Waals surface area contributed by atoms with Gasteiger partial charge in [-0.15, -0.1) is 0 Å². The van der Waals surface area contributed by atoms with Crippen LogP contribution in [0.25, 0.3) is 0 Å². The van der Waals surface area contributed by atoms with Gasteiger partial charge < -0.3 is 10.3 Å². The molecule has 0 spiro atoms. The van der Waals surface area contributed by atoms with Gasteiger partial charge in [-0.05, 0) is 18.5 Å². The van der Waals surface area contributed by atoms with Crippen molar-refractivity contribution < 1.29 is 0 Å². The van der Waals surface area contributed by atoms with Crippen LogP contribution in [0, 0.1) is 0 Å². The second-order valence-corrected chi connectivity index (χ2v) is 5.28. The summed E-state index contributed by atoms with van der Waals surface area (Å²) in [6.07, 6.45) is 2.67. The molecule has 0 unspecified atom stereocenters. The number of aromatic nitrogens is 2. The molecule has 20 heavy (non-hydrogen) atoms. The highest BCUT2D eigenvalue weighted by atomic mass is 35.5. The van der Waals surface area contributed by atoms with Crippen LogP contribution in [0.15, 0.2) is 36.5 Å². The number of imidazole rings is 1. The van der Waals surface area contributed by atoms with Crippen LogP contribution in [-0.2, 0) is 20.1 Å². The highest BCUT2D eigenvalue weighted by Gasteiger charge is 2.11. The summed E-state index contributed by atoms with van der Waals surface area (Å²) in [4.78, 5) is 6.71. The van der Waals surface area contributed by atoms with Crippen LogP contribution in [0.5, 0.6) is 0 Å². The molecule has 0 saturated carbocycles. The van der Waals surface area contributed by atoms with Crippen LogP contribution >= 0.6 is 11.6 Å². The quantitative estimate of drug-likeness (QED) is 0.852. The fourth-order valence-electron chi connectivity index (χ4n) is 2.14. The molecule has 0 aliphatic rings. The van der Waals surface area contributed by atoms with Crippen LogP contribution in [0.1, 0.15) is 17.8 Å². The average Bonchev–Trinajstić information content (AvgIpc) is 2.78. The maximum Gasteiger partial charge on any atom is 0.128 e. The molecule has 2 rings (SSSR count). The lowest BCUT2D eigenvalue weighted by Crippen LogP contribution is -2.27. The number of halogens is 1. The maximum absolute atomic E-state index is 6.04. The fraction of sp³-hybridized carbons (Fsp3) is 0.400. The van der Waals surface area contributed by atoms with E-state index in [-0.39, 0.29) is 0 Å². The summed E-state index contributed by atoms with van der Waals surface area (Å²) in [7, 11) is 1.94. The van der Waals surface area contributed by atoms with E-state index in [1.54, 1.807) is 6.20 Å². The minimum absolute atomic E-state index is 0.665. The molecule has 0 saturated heterocycles. The summed E-state index contributed by atoms with van der Waals surface area (Å²) >= 11 is 6.04. The van der Waals surface area contributed by atoms with Crippen LogP contribution in [0.3, 0.4) is 0 Å². The average molecular weight is 293 g/mol. The first-order chi connectivity index (χ1) is 9.70. The topological polar surface area (TPSA) is 47.1 Å². The van der Waals surface area contributed by atoms with E-state index < -0.39 is 0 Å². The van der Waals surface area contributed by atoms with Crippen molar-refractivity contribution in [3.8, 4) is 0 Å². The Balaban J connectivity index is 2.05. The first-order valence-electron chi connectivity index (χ1n) is 6.83. The predicted molar refractivity (Wildman–Crippen MR) is 82.4 cm³/mol. The van der Waals surface area contributed by atoms with Gasteiger partial charge in [-0.25, -0.2) is 4.98 Å². The molecule has 4 nitrogen and oxygen atoms in total. The number of benzene rings is 1. The van der Waals surface area contributed by atoms with E-state index >= 15 is 0 Å². The molecule has 0 fully saturated rings. The molecule has 0 atom stereocenters. The highest BCUT2D eigenvalue weighted by Crippen LogP contribution is 2.13. The molecule has 1 heterocycles. The molecule has 0 aliphatic heterocycles. The molecule has 0 bridgehead atoms. The van der Waals surface area contributed by atoms with Crippen LogP contribution in [0.2, 0.25) is 5.15 Å². The molecular weight excluding hydrogens is 272 g/mol. The Labute approximate surface area is 125 Å². The van der Waals surface area contributed by atoms with Gasteiger partial charge in [0.05, 0.1) is 12.7 Å². The second-order valence-electron chi connectivity index (χ2n) is 4.89. The first kappa shape index (κ1) is 15.0. The predicted octanol–water partition coefficient (Wildman–Crippen LogP) is 2.42. The standard InChI is InChI=1S/C15H21ClN4/c1-19-14(16)10-18-15(19)12-20(9-5-8-17)11-13-6-3-2-4-7-13/h2-4,6-7,10H,5,8-9,11-12,17H2,1H3. The summed E-state index contributed by atoms with van der Waals surface area (Å²) in [6, 6.07) is 10.4. The summed E-state index contributed by atoms with van der Waals surface area (Å²) in [5.74, 6) is 0.975. The Morgan fingerprint density at radius 3 is 2.60 bits per heavy atom. The van der Waals surface area contributed by atoms with Gasteiger partial charge in [-0.3, -0.25) is 4.90 Å². The first-order valence-corrected chi connectivity index (χ1v) is 7.21. The minimum Gasteiger partial charge on any atom is -0.330 e. The van der Waals surface area contributed by atoms with E-state index in [1.165, 1.54) is 5.56 Å². The van der Waals surface area contributed by atoms with Crippen LogP contribution in [-0.4, -0.2) is 27.5 Å². The molecule has 2 N–H and O–H groups in total. The Morgan fingerprint density at radius 2 is 2.00 bits per heavy atom. The monoisotopic (exact) mass is 292 g/mol. The van der Waals surface area contributed by atoms with E-state index in [2.05, 4.69) is 34.1 Å². The number of hydrogen-bond donors (Lipinski definition) is 1. The smallest absolute Gasteiger partial charge is 0.128 e. The van der Waals surface area contributed by atoms with Gasteiger partial charge in [0.1, 0.15) is 11.0 Å². The third kappa shape index (κ3) is 4.07. The van der Waals surface area contributed by atoms with Crippen LogP contribution in [0.4, 0.5) is 0 Å². The summed E-state index contributed by atoms with van der Waals surface area (Å²) in [5, 5.41) is 0.665. The number of nitrogens with two attached hydrogens (primary N) is 1. The minimum atomic E-state index is 0.665. The number of nitrogens with zero attached hydrogens (tertiary/aromatic N) is 3. The second kappa shape index (κ2) is 7.43. The van der Waals surface area contributed by atoms with E-state index in [0.717, 1.165) is 31.9 Å². The molecule has 0 aliphatic carbocycles. The number of rotatable bonds is 7. The van der Waals surface area contributed by atoms with Crippen molar-refractivity contribution >= 4 is 11.6 Å². The molecule has 108 valence electrons. The van der Waals surface area contributed by atoms with Gasteiger partial charge >= 0.3 is 0 Å².